The maximum Gasteiger partial charge on any atom is 0.289 e. The number of amides is 1. The second-order valence-corrected chi connectivity index (χ2v) is 7.56. The molecular weight excluding hydrogens is 356 g/mol. The minimum Gasteiger partial charge on any atom is -0.396 e. The van der Waals surface area contributed by atoms with Gasteiger partial charge in [-0.3, -0.25) is 9.78 Å². The summed E-state index contributed by atoms with van der Waals surface area (Å²) in [4.78, 5) is 33.4. The van der Waals surface area contributed by atoms with Gasteiger partial charge >= 0.3 is 0 Å². The van der Waals surface area contributed by atoms with Crippen molar-refractivity contribution in [3.8, 4) is 0 Å². The third-order valence-corrected chi connectivity index (χ3v) is 5.70. The van der Waals surface area contributed by atoms with Gasteiger partial charge in [-0.15, -0.1) is 0 Å². The fraction of sp³-hybridized carbons (Fsp3) is 0.400. The van der Waals surface area contributed by atoms with Gasteiger partial charge in [-0.05, 0) is 18.6 Å². The predicted octanol–water partition coefficient (Wildman–Crippen LogP) is 1.41. The molecule has 144 valence electrons. The molecule has 1 atom stereocenters. The third kappa shape index (κ3) is 2.90. The zero-order valence-corrected chi connectivity index (χ0v) is 15.5. The fourth-order valence-electron chi connectivity index (χ4n) is 4.07. The maximum atomic E-state index is 12.8. The zero-order valence-electron chi connectivity index (χ0n) is 15.5. The SMILES string of the molecule is O=C(c1nc2ccccc2[nH]1)N1CC(c2nccnc2N2CC[C@H](CO)C2)C1. The first-order chi connectivity index (χ1) is 13.7. The first-order valence-corrected chi connectivity index (χ1v) is 9.63. The van der Waals surface area contributed by atoms with Gasteiger partial charge in [0.1, 0.15) is 0 Å². The second-order valence-electron chi connectivity index (χ2n) is 7.56. The number of hydrogen-bond acceptors (Lipinski definition) is 6. The number of aromatic amines is 1. The minimum absolute atomic E-state index is 0.0839. The lowest BCUT2D eigenvalue weighted by Gasteiger charge is -2.39. The maximum absolute atomic E-state index is 12.8. The van der Waals surface area contributed by atoms with E-state index in [-0.39, 0.29) is 18.4 Å². The van der Waals surface area contributed by atoms with E-state index in [0.29, 0.717) is 24.8 Å². The van der Waals surface area contributed by atoms with Crippen LogP contribution in [-0.2, 0) is 0 Å². The third-order valence-electron chi connectivity index (χ3n) is 5.70. The number of anilines is 1. The highest BCUT2D eigenvalue weighted by atomic mass is 16.3. The Morgan fingerprint density at radius 1 is 1.18 bits per heavy atom. The number of H-pyrrole nitrogens is 1. The smallest absolute Gasteiger partial charge is 0.289 e. The van der Waals surface area contributed by atoms with Crippen LogP contribution in [0.4, 0.5) is 5.82 Å². The number of carbonyl (C=O) groups is 1. The lowest BCUT2D eigenvalue weighted by Crippen LogP contribution is -2.49. The molecule has 2 saturated heterocycles. The van der Waals surface area contributed by atoms with Crippen molar-refractivity contribution in [2.75, 3.05) is 37.7 Å². The van der Waals surface area contributed by atoms with Crippen LogP contribution in [0.1, 0.15) is 28.7 Å². The molecule has 0 radical (unpaired) electrons. The van der Waals surface area contributed by atoms with Crippen molar-refractivity contribution >= 4 is 22.8 Å². The normalized spacial score (nSPS) is 20.0. The number of nitrogens with one attached hydrogen (secondary N) is 1. The molecule has 1 amide bonds. The van der Waals surface area contributed by atoms with Gasteiger partial charge in [0.25, 0.3) is 5.91 Å². The second kappa shape index (κ2) is 6.87. The number of carbonyl (C=O) groups excluding carboxylic acids is 1. The minimum atomic E-state index is -0.0839. The summed E-state index contributed by atoms with van der Waals surface area (Å²) in [6.45, 7) is 3.11. The molecule has 2 fully saturated rings. The van der Waals surface area contributed by atoms with Crippen molar-refractivity contribution in [2.45, 2.75) is 12.3 Å². The molecule has 8 nitrogen and oxygen atoms in total. The van der Waals surface area contributed by atoms with Crippen LogP contribution in [0.25, 0.3) is 11.0 Å². The van der Waals surface area contributed by atoms with Gasteiger partial charge in [0.2, 0.25) is 0 Å². The molecule has 2 aliphatic heterocycles. The van der Waals surface area contributed by atoms with Gasteiger partial charge in [-0.1, -0.05) is 12.1 Å². The Kier molecular flexibility index (Phi) is 4.20. The van der Waals surface area contributed by atoms with Crippen LogP contribution < -0.4 is 4.90 Å². The summed E-state index contributed by atoms with van der Waals surface area (Å²) in [7, 11) is 0. The molecule has 3 aromatic rings. The quantitative estimate of drug-likeness (QED) is 0.712. The lowest BCUT2D eigenvalue weighted by molar-refractivity contribution is 0.0587. The molecule has 1 aromatic carbocycles. The van der Waals surface area contributed by atoms with Crippen LogP contribution in [0.3, 0.4) is 0 Å². The van der Waals surface area contributed by atoms with E-state index < -0.39 is 0 Å². The highest BCUT2D eigenvalue weighted by Gasteiger charge is 2.37. The number of likely N-dealkylation sites (tertiary alicyclic amines) is 1. The van der Waals surface area contributed by atoms with Crippen molar-refractivity contribution < 1.29 is 9.90 Å². The summed E-state index contributed by atoms with van der Waals surface area (Å²) in [6.07, 6.45) is 4.39. The molecule has 5 rings (SSSR count). The van der Waals surface area contributed by atoms with Crippen molar-refractivity contribution in [3.63, 3.8) is 0 Å². The van der Waals surface area contributed by atoms with Gasteiger partial charge < -0.3 is 19.9 Å². The summed E-state index contributed by atoms with van der Waals surface area (Å²) in [5.74, 6) is 1.65. The van der Waals surface area contributed by atoms with Gasteiger partial charge in [-0.25, -0.2) is 9.97 Å². The Labute approximate surface area is 162 Å². The average molecular weight is 378 g/mol. The van der Waals surface area contributed by atoms with E-state index in [1.54, 1.807) is 17.3 Å². The number of para-hydroxylation sites is 2. The van der Waals surface area contributed by atoms with Gasteiger partial charge in [-0.2, -0.15) is 0 Å². The largest absolute Gasteiger partial charge is 0.396 e. The first kappa shape index (κ1) is 17.1. The molecule has 0 spiro atoms. The Hall–Kier alpha value is -3.00. The van der Waals surface area contributed by atoms with Gasteiger partial charge in [0.15, 0.2) is 11.6 Å². The number of imidazole rings is 1. The number of benzene rings is 1. The van der Waals surface area contributed by atoms with Crippen LogP contribution >= 0.6 is 0 Å². The van der Waals surface area contributed by atoms with Gasteiger partial charge in [0, 0.05) is 57.0 Å². The number of aliphatic hydroxyl groups excluding tert-OH is 1. The van der Waals surface area contributed by atoms with Crippen LogP contribution in [0.5, 0.6) is 0 Å². The standard InChI is InChI=1S/C20H22N6O2/c27-12-13-5-8-25(9-13)19-17(21-6-7-22-19)14-10-26(11-14)20(28)18-23-15-3-1-2-4-16(15)24-18/h1-4,6-7,13-14,27H,5,8-12H2,(H,23,24)/t13-/m0/s1. The number of hydrogen-bond donors (Lipinski definition) is 2. The molecule has 0 saturated carbocycles. The molecule has 2 N–H and O–H groups in total. The highest BCUT2D eigenvalue weighted by molar-refractivity contribution is 5.94. The Bertz CT molecular complexity index is 980. The molecule has 8 heteroatoms. The number of nitrogens with zero attached hydrogens (tertiary/aromatic N) is 5. The first-order valence-electron chi connectivity index (χ1n) is 9.63. The molecule has 4 heterocycles. The highest BCUT2D eigenvalue weighted by Crippen LogP contribution is 2.33. The lowest BCUT2D eigenvalue weighted by atomic mass is 9.95. The van der Waals surface area contributed by atoms with E-state index in [1.165, 1.54) is 0 Å². The van der Waals surface area contributed by atoms with E-state index >= 15 is 0 Å². The van der Waals surface area contributed by atoms with Crippen molar-refractivity contribution in [2.24, 2.45) is 5.92 Å². The summed E-state index contributed by atoms with van der Waals surface area (Å²) in [5, 5.41) is 9.41. The number of fused-ring (bicyclic) bond motifs is 1. The Morgan fingerprint density at radius 2 is 2.00 bits per heavy atom. The molecule has 0 aliphatic carbocycles. The molecular formula is C20H22N6O2. The summed E-state index contributed by atoms with van der Waals surface area (Å²) >= 11 is 0. The van der Waals surface area contributed by atoms with E-state index in [1.807, 2.05) is 24.3 Å². The Morgan fingerprint density at radius 3 is 2.79 bits per heavy atom. The molecule has 28 heavy (non-hydrogen) atoms. The average Bonchev–Trinajstić information content (AvgIpc) is 3.34. The van der Waals surface area contributed by atoms with E-state index in [9.17, 15) is 9.90 Å². The van der Waals surface area contributed by atoms with Crippen LogP contribution in [0.2, 0.25) is 0 Å². The van der Waals surface area contributed by atoms with E-state index in [0.717, 1.165) is 42.1 Å². The molecule has 2 aliphatic rings. The summed E-state index contributed by atoms with van der Waals surface area (Å²) < 4.78 is 0. The van der Waals surface area contributed by atoms with Crippen molar-refractivity contribution in [3.05, 3.63) is 48.2 Å². The van der Waals surface area contributed by atoms with E-state index in [4.69, 9.17) is 0 Å². The Balaban J connectivity index is 1.30. The predicted molar refractivity (Wildman–Crippen MR) is 104 cm³/mol. The van der Waals surface area contributed by atoms with E-state index in [2.05, 4.69) is 24.8 Å². The number of aliphatic hydroxyl groups is 1. The van der Waals surface area contributed by atoms with Crippen LogP contribution in [0.15, 0.2) is 36.7 Å². The number of rotatable bonds is 4. The van der Waals surface area contributed by atoms with Crippen LogP contribution in [-0.4, -0.2) is 68.6 Å². The summed E-state index contributed by atoms with van der Waals surface area (Å²) in [6, 6.07) is 7.64. The molecule has 0 bridgehead atoms. The van der Waals surface area contributed by atoms with Crippen molar-refractivity contribution in [1.82, 2.24) is 24.8 Å². The molecule has 2 aromatic heterocycles. The zero-order chi connectivity index (χ0) is 19.1. The monoisotopic (exact) mass is 378 g/mol. The van der Waals surface area contributed by atoms with Crippen molar-refractivity contribution in [1.29, 1.82) is 0 Å². The fourth-order valence-corrected chi connectivity index (χ4v) is 4.07. The van der Waals surface area contributed by atoms with Gasteiger partial charge in [0.05, 0.1) is 16.7 Å². The summed E-state index contributed by atoms with van der Waals surface area (Å²) in [5.41, 5.74) is 2.60. The molecule has 0 unspecified atom stereocenters. The topological polar surface area (TPSA) is 98.2 Å². The van der Waals surface area contributed by atoms with Crippen LogP contribution in [0, 0.1) is 5.92 Å². The number of aromatic nitrogens is 4.